The number of allylic oxidation sites excluding steroid dienone is 1. The zero-order chi connectivity index (χ0) is 23.5. The van der Waals surface area contributed by atoms with Gasteiger partial charge in [-0.2, -0.15) is 13.2 Å². The number of alkyl halides is 3. The molecule has 1 N–H and O–H groups in total. The first-order valence-corrected chi connectivity index (χ1v) is 10.4. The van der Waals surface area contributed by atoms with E-state index in [0.29, 0.717) is 28.2 Å². The van der Waals surface area contributed by atoms with Gasteiger partial charge in [0.2, 0.25) is 5.89 Å². The molecule has 1 fully saturated rings. The summed E-state index contributed by atoms with van der Waals surface area (Å²) in [5, 5.41) is 1.04. The Kier molecular flexibility index (Phi) is 4.86. The monoisotopic (exact) mass is 458 g/mol. The molecule has 7 nitrogen and oxygen atoms in total. The van der Waals surface area contributed by atoms with Crippen LogP contribution in [0.1, 0.15) is 24.8 Å². The van der Waals surface area contributed by atoms with Gasteiger partial charge in [-0.3, -0.25) is 4.79 Å². The summed E-state index contributed by atoms with van der Waals surface area (Å²) in [6.45, 7) is 3.59. The third-order valence-corrected chi connectivity index (χ3v) is 5.98. The van der Waals surface area contributed by atoms with E-state index in [1.54, 1.807) is 36.1 Å². The van der Waals surface area contributed by atoms with Gasteiger partial charge in [0.15, 0.2) is 11.1 Å². The number of hydrogen-bond donors (Lipinski definition) is 1. The Morgan fingerprint density at radius 2 is 1.94 bits per heavy atom. The first-order valence-electron chi connectivity index (χ1n) is 10.4. The zero-order valence-corrected chi connectivity index (χ0v) is 18.1. The van der Waals surface area contributed by atoms with Crippen molar-refractivity contribution in [1.82, 2.24) is 15.4 Å². The predicted molar refractivity (Wildman–Crippen MR) is 115 cm³/mol. The first-order chi connectivity index (χ1) is 15.7. The molecule has 2 aliphatic rings. The number of hydrazine groups is 1. The van der Waals surface area contributed by atoms with Crippen LogP contribution < -0.4 is 15.1 Å². The Bertz CT molecular complexity index is 1280. The molecule has 0 bridgehead atoms. The molecule has 172 valence electrons. The van der Waals surface area contributed by atoms with E-state index in [0.717, 1.165) is 10.6 Å². The summed E-state index contributed by atoms with van der Waals surface area (Å²) < 4.78 is 51.9. The van der Waals surface area contributed by atoms with Gasteiger partial charge in [0, 0.05) is 17.8 Å². The number of carbonyl (C=O) groups excluding carboxylic acids is 1. The van der Waals surface area contributed by atoms with Gasteiger partial charge in [0.1, 0.15) is 23.5 Å². The summed E-state index contributed by atoms with van der Waals surface area (Å²) in [7, 11) is 1.49. The molecule has 2 aliphatic heterocycles. The first kappa shape index (κ1) is 21.3. The van der Waals surface area contributed by atoms with E-state index in [1.165, 1.54) is 7.11 Å². The molecule has 0 saturated carbocycles. The predicted octanol–water partition coefficient (Wildman–Crippen LogP) is 4.39. The Labute approximate surface area is 187 Å². The Hall–Kier alpha value is -3.53. The molecule has 0 spiro atoms. The highest BCUT2D eigenvalue weighted by atomic mass is 19.4. The molecule has 3 heterocycles. The highest BCUT2D eigenvalue weighted by molar-refractivity contribution is 6.21. The molecule has 33 heavy (non-hydrogen) atoms. The molecule has 10 heteroatoms. The van der Waals surface area contributed by atoms with Crippen molar-refractivity contribution in [3.05, 3.63) is 59.6 Å². The number of para-hydroxylation sites is 1. The minimum Gasteiger partial charge on any atom is -0.494 e. The van der Waals surface area contributed by atoms with Crippen LogP contribution in [0, 0.1) is 6.92 Å². The van der Waals surface area contributed by atoms with Gasteiger partial charge in [-0.1, -0.05) is 18.2 Å². The second-order valence-electron chi connectivity index (χ2n) is 8.11. The Morgan fingerprint density at radius 3 is 2.64 bits per heavy atom. The molecule has 2 unspecified atom stereocenters. The lowest BCUT2D eigenvalue weighted by Gasteiger charge is -2.41. The summed E-state index contributed by atoms with van der Waals surface area (Å²) in [4.78, 5) is 19.6. The lowest BCUT2D eigenvalue weighted by molar-refractivity contribution is -0.158. The lowest BCUT2D eigenvalue weighted by Crippen LogP contribution is -2.55. The van der Waals surface area contributed by atoms with Crippen molar-refractivity contribution < 1.29 is 27.1 Å². The maximum Gasteiger partial charge on any atom is 0.405 e. The number of rotatable bonds is 3. The summed E-state index contributed by atoms with van der Waals surface area (Å²) >= 11 is 0. The van der Waals surface area contributed by atoms with E-state index < -0.39 is 24.3 Å². The van der Waals surface area contributed by atoms with Crippen molar-refractivity contribution in [2.24, 2.45) is 0 Å². The number of fused-ring (bicyclic) bond motifs is 2. The summed E-state index contributed by atoms with van der Waals surface area (Å²) in [5.41, 5.74) is 5.35. The van der Waals surface area contributed by atoms with Crippen LogP contribution in [0.15, 0.2) is 52.6 Å². The fourth-order valence-corrected chi connectivity index (χ4v) is 4.45. The normalized spacial score (nSPS) is 21.2. The lowest BCUT2D eigenvalue weighted by atomic mass is 10.0. The molecular formula is C23H21F3N4O3. The van der Waals surface area contributed by atoms with Crippen molar-refractivity contribution >= 4 is 28.3 Å². The van der Waals surface area contributed by atoms with Gasteiger partial charge in [-0.25, -0.2) is 15.4 Å². The van der Waals surface area contributed by atoms with E-state index in [2.05, 4.69) is 10.4 Å². The Balaban J connectivity index is 1.68. The van der Waals surface area contributed by atoms with Crippen molar-refractivity contribution in [3.8, 4) is 5.75 Å². The van der Waals surface area contributed by atoms with Crippen LogP contribution in [-0.2, 0) is 4.79 Å². The quantitative estimate of drug-likeness (QED) is 0.628. The minimum atomic E-state index is -4.51. The molecule has 5 rings (SSSR count). The fraction of sp³-hybridized carbons (Fsp3) is 0.304. The maximum atomic E-state index is 13.6. The van der Waals surface area contributed by atoms with E-state index in [-0.39, 0.29) is 17.9 Å². The van der Waals surface area contributed by atoms with Crippen LogP contribution in [0.4, 0.5) is 18.9 Å². The van der Waals surface area contributed by atoms with E-state index >= 15 is 0 Å². The number of aromatic nitrogens is 1. The van der Waals surface area contributed by atoms with Crippen LogP contribution in [0.25, 0.3) is 16.7 Å². The third-order valence-electron chi connectivity index (χ3n) is 5.98. The standard InChI is InChI=1S/C23H21F3N4O3/c1-12-6-4-7-14(10-12)29-13(2)19(21-27-20-15(32-3)8-5-9-16(20)33-21)22(31)30-18(29)11-17(28-30)23(24,25)26/h4-10,17-18,28H,11H2,1-3H3. The van der Waals surface area contributed by atoms with Gasteiger partial charge < -0.3 is 14.1 Å². The van der Waals surface area contributed by atoms with Crippen molar-refractivity contribution in [2.75, 3.05) is 12.0 Å². The van der Waals surface area contributed by atoms with Crippen LogP contribution in [0.3, 0.4) is 0 Å². The topological polar surface area (TPSA) is 70.8 Å². The fourth-order valence-electron chi connectivity index (χ4n) is 4.45. The van der Waals surface area contributed by atoms with Crippen molar-refractivity contribution in [3.63, 3.8) is 0 Å². The minimum absolute atomic E-state index is 0.0189. The number of ether oxygens (including phenoxy) is 1. The molecule has 1 amide bonds. The molecular weight excluding hydrogens is 437 g/mol. The highest BCUT2D eigenvalue weighted by Gasteiger charge is 2.54. The van der Waals surface area contributed by atoms with Gasteiger partial charge in [0.25, 0.3) is 5.91 Å². The molecule has 3 aromatic rings. The number of amides is 1. The molecule has 0 aliphatic carbocycles. The number of anilines is 1. The molecule has 2 aromatic carbocycles. The number of benzene rings is 2. The van der Waals surface area contributed by atoms with E-state index in [1.807, 2.05) is 25.1 Å². The van der Waals surface area contributed by atoms with Gasteiger partial charge in [0.05, 0.1) is 7.11 Å². The summed E-state index contributed by atoms with van der Waals surface area (Å²) in [6, 6.07) is 10.7. The maximum absolute atomic E-state index is 13.6. The molecule has 1 saturated heterocycles. The van der Waals surface area contributed by atoms with Crippen LogP contribution in [0.5, 0.6) is 5.75 Å². The second kappa shape index (κ2) is 7.51. The summed E-state index contributed by atoms with van der Waals surface area (Å²) in [6.07, 6.45) is -5.67. The van der Waals surface area contributed by atoms with E-state index in [4.69, 9.17) is 9.15 Å². The number of aryl methyl sites for hydroxylation is 1. The van der Waals surface area contributed by atoms with Gasteiger partial charge in [-0.05, 0) is 43.7 Å². The Morgan fingerprint density at radius 1 is 1.18 bits per heavy atom. The highest BCUT2D eigenvalue weighted by Crippen LogP contribution is 2.41. The van der Waals surface area contributed by atoms with Crippen molar-refractivity contribution in [1.29, 1.82) is 0 Å². The third kappa shape index (κ3) is 3.41. The number of hydrogen-bond acceptors (Lipinski definition) is 6. The number of nitrogens with zero attached hydrogens (tertiary/aromatic N) is 3. The number of carbonyl (C=O) groups is 1. The summed E-state index contributed by atoms with van der Waals surface area (Å²) in [5.74, 6) is -0.141. The van der Waals surface area contributed by atoms with Crippen LogP contribution in [-0.4, -0.2) is 41.4 Å². The van der Waals surface area contributed by atoms with Crippen LogP contribution in [0.2, 0.25) is 0 Å². The number of methoxy groups -OCH3 is 1. The van der Waals surface area contributed by atoms with Gasteiger partial charge >= 0.3 is 6.18 Å². The smallest absolute Gasteiger partial charge is 0.405 e. The van der Waals surface area contributed by atoms with Gasteiger partial charge in [-0.15, -0.1) is 0 Å². The molecule has 1 aromatic heterocycles. The number of nitrogens with one attached hydrogen (secondary N) is 1. The van der Waals surface area contributed by atoms with Crippen molar-refractivity contribution in [2.45, 2.75) is 38.7 Å². The zero-order valence-electron chi connectivity index (χ0n) is 18.1. The SMILES string of the molecule is COc1cccc2oc(C3=C(C)N(c4cccc(C)c4)C4CC(C(F)(F)F)NN4C3=O)nc12. The number of halogens is 3. The second-order valence-corrected chi connectivity index (χ2v) is 8.11. The average molecular weight is 458 g/mol. The largest absolute Gasteiger partial charge is 0.494 e. The average Bonchev–Trinajstić information content (AvgIpc) is 3.38. The molecule has 0 radical (unpaired) electrons. The van der Waals surface area contributed by atoms with Crippen LogP contribution >= 0.6 is 0 Å². The number of oxazole rings is 1. The molecule has 2 atom stereocenters. The van der Waals surface area contributed by atoms with E-state index in [9.17, 15) is 18.0 Å².